The summed E-state index contributed by atoms with van der Waals surface area (Å²) in [6.45, 7) is 6.31. The number of amides is 1. The number of rotatable bonds is 5. The van der Waals surface area contributed by atoms with Gasteiger partial charge >= 0.3 is 0 Å². The van der Waals surface area contributed by atoms with Crippen LogP contribution >= 0.6 is 15.9 Å². The number of halogens is 1. The number of ether oxygens (including phenoxy) is 1. The van der Waals surface area contributed by atoms with Crippen molar-refractivity contribution in [3.63, 3.8) is 0 Å². The maximum atomic E-state index is 12.1. The van der Waals surface area contributed by atoms with Gasteiger partial charge in [0, 0.05) is 16.9 Å². The highest BCUT2D eigenvalue weighted by Gasteiger charge is 2.09. The van der Waals surface area contributed by atoms with Crippen molar-refractivity contribution < 1.29 is 9.53 Å². The summed E-state index contributed by atoms with van der Waals surface area (Å²) in [4.78, 5) is 16.6. The Morgan fingerprint density at radius 3 is 2.64 bits per heavy atom. The summed E-state index contributed by atoms with van der Waals surface area (Å²) in [5, 5.41) is 2.85. The largest absolute Gasteiger partial charge is 0.483 e. The van der Waals surface area contributed by atoms with Gasteiger partial charge < -0.3 is 14.5 Å². The standard InChI is InChI=1S/C19H20BrN3O2/c1-12-5-4-6-13(2)18(12)25-11-17(24)21-8-16-10-23-9-15(20)7-14(3)19(23)22-16/h4-7,9-10H,8,11H2,1-3H3,(H,21,24). The van der Waals surface area contributed by atoms with E-state index in [0.29, 0.717) is 6.54 Å². The fraction of sp³-hybridized carbons (Fsp3) is 0.263. The molecule has 0 unspecified atom stereocenters. The van der Waals surface area contributed by atoms with Crippen LogP contribution in [-0.4, -0.2) is 21.9 Å². The molecule has 0 aliphatic carbocycles. The third-order valence-electron chi connectivity index (χ3n) is 3.97. The summed E-state index contributed by atoms with van der Waals surface area (Å²) in [6, 6.07) is 7.93. The smallest absolute Gasteiger partial charge is 0.258 e. The van der Waals surface area contributed by atoms with Crippen molar-refractivity contribution in [1.29, 1.82) is 0 Å². The highest BCUT2D eigenvalue weighted by molar-refractivity contribution is 9.10. The van der Waals surface area contributed by atoms with E-state index in [9.17, 15) is 4.79 Å². The Kier molecular flexibility index (Phi) is 5.08. The van der Waals surface area contributed by atoms with Crippen molar-refractivity contribution in [3.8, 4) is 5.75 Å². The first kappa shape index (κ1) is 17.5. The van der Waals surface area contributed by atoms with Crippen molar-refractivity contribution >= 4 is 27.5 Å². The topological polar surface area (TPSA) is 55.6 Å². The first-order valence-corrected chi connectivity index (χ1v) is 8.83. The number of para-hydroxylation sites is 1. The number of aryl methyl sites for hydroxylation is 3. The number of benzene rings is 1. The van der Waals surface area contributed by atoms with E-state index in [0.717, 1.165) is 38.3 Å². The molecule has 3 aromatic rings. The second-order valence-corrected chi connectivity index (χ2v) is 7.01. The summed E-state index contributed by atoms with van der Waals surface area (Å²) >= 11 is 3.47. The normalized spacial score (nSPS) is 10.9. The second kappa shape index (κ2) is 7.27. The predicted molar refractivity (Wildman–Crippen MR) is 101 cm³/mol. The van der Waals surface area contributed by atoms with Crippen LogP contribution in [0.2, 0.25) is 0 Å². The molecular weight excluding hydrogens is 382 g/mol. The minimum Gasteiger partial charge on any atom is -0.483 e. The molecule has 0 fully saturated rings. The van der Waals surface area contributed by atoms with Crippen LogP contribution in [0.3, 0.4) is 0 Å². The summed E-state index contributed by atoms with van der Waals surface area (Å²) in [5.41, 5.74) is 4.81. The van der Waals surface area contributed by atoms with Gasteiger partial charge in [-0.15, -0.1) is 0 Å². The number of nitrogens with one attached hydrogen (secondary N) is 1. The van der Waals surface area contributed by atoms with Gasteiger partial charge in [-0.3, -0.25) is 4.79 Å². The fourth-order valence-corrected chi connectivity index (χ4v) is 3.33. The molecular formula is C19H20BrN3O2. The zero-order chi connectivity index (χ0) is 18.0. The van der Waals surface area contributed by atoms with Gasteiger partial charge in [0.05, 0.1) is 12.2 Å². The molecule has 6 heteroatoms. The first-order valence-electron chi connectivity index (χ1n) is 8.03. The van der Waals surface area contributed by atoms with Crippen molar-refractivity contribution in [3.05, 3.63) is 63.5 Å². The van der Waals surface area contributed by atoms with Crippen LogP contribution in [0.15, 0.2) is 41.1 Å². The van der Waals surface area contributed by atoms with Crippen LogP contribution < -0.4 is 10.1 Å². The van der Waals surface area contributed by atoms with Crippen molar-refractivity contribution in [2.24, 2.45) is 0 Å². The molecule has 1 aromatic carbocycles. The Hall–Kier alpha value is -2.34. The lowest BCUT2D eigenvalue weighted by molar-refractivity contribution is -0.123. The van der Waals surface area contributed by atoms with Gasteiger partial charge in [-0.25, -0.2) is 4.98 Å². The number of carbonyl (C=O) groups is 1. The van der Waals surface area contributed by atoms with Gasteiger partial charge in [0.25, 0.3) is 5.91 Å². The molecule has 1 amide bonds. The van der Waals surface area contributed by atoms with Gasteiger partial charge in [-0.2, -0.15) is 0 Å². The molecule has 0 aliphatic heterocycles. The van der Waals surface area contributed by atoms with Crippen molar-refractivity contribution in [2.75, 3.05) is 6.61 Å². The Bertz CT molecular complexity index is 914. The number of nitrogens with zero attached hydrogens (tertiary/aromatic N) is 2. The lowest BCUT2D eigenvalue weighted by Crippen LogP contribution is -2.28. The molecule has 5 nitrogen and oxygen atoms in total. The van der Waals surface area contributed by atoms with E-state index in [1.807, 2.05) is 61.8 Å². The molecule has 2 heterocycles. The summed E-state index contributed by atoms with van der Waals surface area (Å²) < 4.78 is 8.61. The molecule has 0 saturated carbocycles. The number of hydrogen-bond donors (Lipinski definition) is 1. The number of hydrogen-bond acceptors (Lipinski definition) is 3. The Morgan fingerprint density at radius 1 is 1.20 bits per heavy atom. The molecule has 0 bridgehead atoms. The van der Waals surface area contributed by atoms with Gasteiger partial charge in [0.15, 0.2) is 6.61 Å². The monoisotopic (exact) mass is 401 g/mol. The van der Waals surface area contributed by atoms with E-state index in [2.05, 4.69) is 26.2 Å². The van der Waals surface area contributed by atoms with Gasteiger partial charge in [-0.05, 0) is 59.5 Å². The van der Waals surface area contributed by atoms with E-state index in [1.54, 1.807) is 0 Å². The third kappa shape index (κ3) is 4.02. The number of carbonyl (C=O) groups excluding carboxylic acids is 1. The molecule has 0 atom stereocenters. The Labute approximate surface area is 155 Å². The highest BCUT2D eigenvalue weighted by atomic mass is 79.9. The summed E-state index contributed by atoms with van der Waals surface area (Å²) in [7, 11) is 0. The molecule has 3 rings (SSSR count). The quantitative estimate of drug-likeness (QED) is 0.708. The van der Waals surface area contributed by atoms with E-state index in [-0.39, 0.29) is 12.5 Å². The van der Waals surface area contributed by atoms with Crippen molar-refractivity contribution in [1.82, 2.24) is 14.7 Å². The van der Waals surface area contributed by atoms with Crippen molar-refractivity contribution in [2.45, 2.75) is 27.3 Å². The molecule has 1 N–H and O–H groups in total. The van der Waals surface area contributed by atoms with Crippen LogP contribution in [0.5, 0.6) is 5.75 Å². The predicted octanol–water partition coefficient (Wildman–Crippen LogP) is 3.72. The summed E-state index contributed by atoms with van der Waals surface area (Å²) in [5.74, 6) is 0.600. The van der Waals surface area contributed by atoms with Crippen LogP contribution in [0.25, 0.3) is 5.65 Å². The van der Waals surface area contributed by atoms with Gasteiger partial charge in [0.2, 0.25) is 0 Å². The zero-order valence-corrected chi connectivity index (χ0v) is 16.1. The molecule has 0 radical (unpaired) electrons. The van der Waals surface area contributed by atoms with E-state index >= 15 is 0 Å². The lowest BCUT2D eigenvalue weighted by Gasteiger charge is -2.11. The molecule has 0 aliphatic rings. The first-order chi connectivity index (χ1) is 11.9. The highest BCUT2D eigenvalue weighted by Crippen LogP contribution is 2.22. The maximum absolute atomic E-state index is 12.1. The van der Waals surface area contributed by atoms with E-state index in [4.69, 9.17) is 4.74 Å². The van der Waals surface area contributed by atoms with Crippen LogP contribution in [0, 0.1) is 20.8 Å². The molecule has 25 heavy (non-hydrogen) atoms. The average molecular weight is 402 g/mol. The minimum atomic E-state index is -0.169. The minimum absolute atomic E-state index is 0.0103. The van der Waals surface area contributed by atoms with E-state index in [1.165, 1.54) is 0 Å². The van der Waals surface area contributed by atoms with Gasteiger partial charge in [0.1, 0.15) is 11.4 Å². The molecule has 2 aromatic heterocycles. The van der Waals surface area contributed by atoms with Crippen LogP contribution in [0.4, 0.5) is 0 Å². The summed E-state index contributed by atoms with van der Waals surface area (Å²) in [6.07, 6.45) is 3.87. The number of pyridine rings is 1. The second-order valence-electron chi connectivity index (χ2n) is 6.09. The van der Waals surface area contributed by atoms with Gasteiger partial charge in [-0.1, -0.05) is 18.2 Å². The fourth-order valence-electron chi connectivity index (χ4n) is 2.77. The molecule has 0 spiro atoms. The molecule has 0 saturated heterocycles. The van der Waals surface area contributed by atoms with E-state index < -0.39 is 0 Å². The Morgan fingerprint density at radius 2 is 1.92 bits per heavy atom. The molecule has 130 valence electrons. The zero-order valence-electron chi connectivity index (χ0n) is 14.5. The number of aromatic nitrogens is 2. The maximum Gasteiger partial charge on any atom is 0.258 e. The Balaban J connectivity index is 1.60. The van der Waals surface area contributed by atoms with Crippen LogP contribution in [0.1, 0.15) is 22.4 Å². The SMILES string of the molecule is Cc1cccc(C)c1OCC(=O)NCc1cn2cc(Br)cc(C)c2n1. The third-order valence-corrected chi connectivity index (χ3v) is 4.41. The number of fused-ring (bicyclic) bond motifs is 1. The number of imidazole rings is 1. The van der Waals surface area contributed by atoms with Crippen LogP contribution in [-0.2, 0) is 11.3 Å². The average Bonchev–Trinajstić information content (AvgIpc) is 2.95. The lowest BCUT2D eigenvalue weighted by atomic mass is 10.1.